The molecule has 3 rings (SSSR count). The first-order chi connectivity index (χ1) is 9.75. The monoisotopic (exact) mass is 286 g/mol. The molecule has 0 spiro atoms. The summed E-state index contributed by atoms with van der Waals surface area (Å²) in [5.41, 5.74) is 10.2. The molecule has 1 saturated carbocycles. The minimum absolute atomic E-state index is 0.157. The number of rotatable bonds is 2. The third-order valence-electron chi connectivity index (χ3n) is 5.46. The Hall–Kier alpha value is -0.860. The summed E-state index contributed by atoms with van der Waals surface area (Å²) in [5, 5.41) is 0. The molecule has 2 heteroatoms. The summed E-state index contributed by atoms with van der Waals surface area (Å²) in [7, 11) is 0. The summed E-state index contributed by atoms with van der Waals surface area (Å²) in [4.78, 5) is 2.67. The van der Waals surface area contributed by atoms with Crippen molar-refractivity contribution in [3.63, 3.8) is 0 Å². The zero-order valence-corrected chi connectivity index (χ0v) is 14.1. The molecule has 0 atom stereocenters. The summed E-state index contributed by atoms with van der Waals surface area (Å²) < 4.78 is 0. The van der Waals surface area contributed by atoms with Crippen LogP contribution >= 0.6 is 0 Å². The maximum absolute atomic E-state index is 6.35. The molecule has 1 fully saturated rings. The first-order valence-corrected chi connectivity index (χ1v) is 8.27. The molecule has 0 bridgehead atoms. The first-order valence-electron chi connectivity index (χ1n) is 8.27. The van der Waals surface area contributed by atoms with Gasteiger partial charge in [0.1, 0.15) is 0 Å². The van der Waals surface area contributed by atoms with Crippen LogP contribution in [-0.2, 0) is 13.1 Å². The van der Waals surface area contributed by atoms with E-state index in [4.69, 9.17) is 5.73 Å². The summed E-state index contributed by atoms with van der Waals surface area (Å²) in [6, 6.07) is 8.87. The summed E-state index contributed by atoms with van der Waals surface area (Å²) in [6.07, 6.45) is 3.73. The summed E-state index contributed by atoms with van der Waals surface area (Å²) >= 11 is 0. The second kappa shape index (κ2) is 4.82. The van der Waals surface area contributed by atoms with Crippen molar-refractivity contribution in [2.24, 2.45) is 16.6 Å². The molecule has 116 valence electrons. The molecule has 1 aromatic carbocycles. The topological polar surface area (TPSA) is 29.3 Å². The largest absolute Gasteiger partial charge is 0.329 e. The van der Waals surface area contributed by atoms with Crippen molar-refractivity contribution in [1.29, 1.82) is 0 Å². The fourth-order valence-electron chi connectivity index (χ4n) is 5.43. The lowest BCUT2D eigenvalue weighted by Gasteiger charge is -2.55. The van der Waals surface area contributed by atoms with Crippen LogP contribution in [0.25, 0.3) is 0 Å². The number of hydrogen-bond donors (Lipinski definition) is 1. The molecule has 2 N–H and O–H groups in total. The Labute approximate surface area is 129 Å². The van der Waals surface area contributed by atoms with Gasteiger partial charge in [0.15, 0.2) is 0 Å². The second-order valence-electron chi connectivity index (χ2n) is 8.91. The van der Waals surface area contributed by atoms with E-state index in [9.17, 15) is 0 Å². The molecular formula is C19H30N2. The molecular weight excluding hydrogens is 256 g/mol. The number of hydrogen-bond acceptors (Lipinski definition) is 2. The SMILES string of the molecule is CC1(C)CC(C)(C)CC(CN)(N2Cc3ccccc3C2)C1. The smallest absolute Gasteiger partial charge is 0.0348 e. The molecule has 2 aliphatic rings. The van der Waals surface area contributed by atoms with Gasteiger partial charge >= 0.3 is 0 Å². The molecule has 1 aromatic rings. The van der Waals surface area contributed by atoms with Gasteiger partial charge in [-0.3, -0.25) is 4.90 Å². The number of nitrogens with two attached hydrogens (primary N) is 1. The quantitative estimate of drug-likeness (QED) is 0.892. The van der Waals surface area contributed by atoms with Gasteiger partial charge in [0.25, 0.3) is 0 Å². The molecule has 1 heterocycles. The molecule has 0 aromatic heterocycles. The normalized spacial score (nSPS) is 26.5. The van der Waals surface area contributed by atoms with E-state index in [0.29, 0.717) is 10.8 Å². The minimum atomic E-state index is 0.157. The molecule has 1 aliphatic heterocycles. The highest BCUT2D eigenvalue weighted by atomic mass is 15.2. The van der Waals surface area contributed by atoms with Gasteiger partial charge in [0, 0.05) is 25.2 Å². The van der Waals surface area contributed by atoms with E-state index in [1.165, 1.54) is 30.4 Å². The zero-order chi connectivity index (χ0) is 15.3. The van der Waals surface area contributed by atoms with Crippen LogP contribution in [0.5, 0.6) is 0 Å². The summed E-state index contributed by atoms with van der Waals surface area (Å²) in [6.45, 7) is 12.6. The van der Waals surface area contributed by atoms with E-state index in [1.807, 2.05) is 0 Å². The van der Waals surface area contributed by atoms with E-state index < -0.39 is 0 Å². The van der Waals surface area contributed by atoms with Crippen molar-refractivity contribution in [2.75, 3.05) is 6.54 Å². The highest BCUT2D eigenvalue weighted by Gasteiger charge is 2.50. The van der Waals surface area contributed by atoms with Crippen LogP contribution in [0, 0.1) is 10.8 Å². The van der Waals surface area contributed by atoms with Gasteiger partial charge in [-0.25, -0.2) is 0 Å². The van der Waals surface area contributed by atoms with Crippen molar-refractivity contribution in [3.8, 4) is 0 Å². The van der Waals surface area contributed by atoms with Gasteiger partial charge < -0.3 is 5.73 Å². The first kappa shape index (κ1) is 15.1. The van der Waals surface area contributed by atoms with Crippen LogP contribution in [-0.4, -0.2) is 17.0 Å². The van der Waals surface area contributed by atoms with Gasteiger partial charge in [-0.05, 0) is 41.2 Å². The Morgan fingerprint density at radius 1 is 0.905 bits per heavy atom. The Kier molecular flexibility index (Phi) is 3.46. The molecule has 2 nitrogen and oxygen atoms in total. The van der Waals surface area contributed by atoms with Gasteiger partial charge in [0.05, 0.1) is 0 Å². The zero-order valence-electron chi connectivity index (χ0n) is 14.1. The van der Waals surface area contributed by atoms with Crippen molar-refractivity contribution < 1.29 is 0 Å². The van der Waals surface area contributed by atoms with E-state index in [-0.39, 0.29) is 5.54 Å². The van der Waals surface area contributed by atoms with Crippen LogP contribution in [0.4, 0.5) is 0 Å². The van der Waals surface area contributed by atoms with E-state index >= 15 is 0 Å². The van der Waals surface area contributed by atoms with Crippen LogP contribution in [0.15, 0.2) is 24.3 Å². The predicted octanol–water partition coefficient (Wildman–Crippen LogP) is 3.94. The fraction of sp³-hybridized carbons (Fsp3) is 0.684. The maximum Gasteiger partial charge on any atom is 0.0348 e. The third-order valence-corrected chi connectivity index (χ3v) is 5.46. The van der Waals surface area contributed by atoms with Gasteiger partial charge in [-0.1, -0.05) is 52.0 Å². The molecule has 0 unspecified atom stereocenters. The standard InChI is InChI=1S/C19H30N2/c1-17(2)11-18(3,4)13-19(12-17,14-20)21-9-15-7-5-6-8-16(15)10-21/h5-8H,9-14,20H2,1-4H3. The third kappa shape index (κ3) is 2.76. The van der Waals surface area contributed by atoms with Gasteiger partial charge in [-0.2, -0.15) is 0 Å². The number of fused-ring (bicyclic) bond motifs is 1. The average Bonchev–Trinajstić information content (AvgIpc) is 2.79. The molecule has 1 aliphatic carbocycles. The molecule has 0 amide bonds. The van der Waals surface area contributed by atoms with Crippen LogP contribution in [0.1, 0.15) is 58.1 Å². The number of benzene rings is 1. The Balaban J connectivity index is 1.91. The van der Waals surface area contributed by atoms with Crippen molar-refractivity contribution in [3.05, 3.63) is 35.4 Å². The van der Waals surface area contributed by atoms with Gasteiger partial charge in [0.2, 0.25) is 0 Å². The highest BCUT2D eigenvalue weighted by molar-refractivity contribution is 5.31. The fourth-order valence-corrected chi connectivity index (χ4v) is 5.43. The van der Waals surface area contributed by atoms with Crippen LogP contribution in [0.3, 0.4) is 0 Å². The second-order valence-corrected chi connectivity index (χ2v) is 8.91. The van der Waals surface area contributed by atoms with Crippen molar-refractivity contribution >= 4 is 0 Å². The molecule has 21 heavy (non-hydrogen) atoms. The van der Waals surface area contributed by atoms with E-state index in [2.05, 4.69) is 56.9 Å². The van der Waals surface area contributed by atoms with Crippen molar-refractivity contribution in [1.82, 2.24) is 4.90 Å². The molecule has 0 radical (unpaired) electrons. The maximum atomic E-state index is 6.35. The lowest BCUT2D eigenvalue weighted by atomic mass is 9.58. The Morgan fingerprint density at radius 3 is 1.81 bits per heavy atom. The Bertz CT molecular complexity index is 489. The highest BCUT2D eigenvalue weighted by Crippen LogP contribution is 2.53. The number of nitrogens with zero attached hydrogens (tertiary/aromatic N) is 1. The minimum Gasteiger partial charge on any atom is -0.329 e. The van der Waals surface area contributed by atoms with Crippen molar-refractivity contribution in [2.45, 2.75) is 65.6 Å². The average molecular weight is 286 g/mol. The van der Waals surface area contributed by atoms with E-state index in [0.717, 1.165) is 19.6 Å². The van der Waals surface area contributed by atoms with E-state index in [1.54, 1.807) is 0 Å². The van der Waals surface area contributed by atoms with Crippen LogP contribution < -0.4 is 5.73 Å². The molecule has 0 saturated heterocycles. The summed E-state index contributed by atoms with van der Waals surface area (Å²) in [5.74, 6) is 0. The lowest BCUT2D eigenvalue weighted by molar-refractivity contribution is -0.0466. The predicted molar refractivity (Wildman–Crippen MR) is 88.9 cm³/mol. The lowest BCUT2D eigenvalue weighted by Crippen LogP contribution is -2.59. The Morgan fingerprint density at radius 2 is 1.38 bits per heavy atom. The van der Waals surface area contributed by atoms with Gasteiger partial charge in [-0.15, -0.1) is 0 Å². The van der Waals surface area contributed by atoms with Crippen LogP contribution in [0.2, 0.25) is 0 Å².